The van der Waals surface area contributed by atoms with Crippen LogP contribution >= 0.6 is 0 Å². The number of nitrogens with zero attached hydrogens (tertiary/aromatic N) is 4. The molecule has 2 amide bonds. The molecule has 8 nitrogen and oxygen atoms in total. The van der Waals surface area contributed by atoms with Crippen molar-refractivity contribution in [3.63, 3.8) is 0 Å². The normalized spacial score (nSPS) is 10.3. The Balaban J connectivity index is 1.51. The third kappa shape index (κ3) is 4.54. The van der Waals surface area contributed by atoms with E-state index in [4.69, 9.17) is 4.74 Å². The Labute approximate surface area is 144 Å². The highest BCUT2D eigenvalue weighted by Gasteiger charge is 2.06. The molecule has 2 N–H and O–H groups in total. The molecule has 0 spiro atoms. The molecule has 0 aliphatic rings. The molecule has 8 heteroatoms. The van der Waals surface area contributed by atoms with Gasteiger partial charge in [-0.2, -0.15) is 0 Å². The third-order valence-corrected chi connectivity index (χ3v) is 3.32. The molecule has 0 radical (unpaired) electrons. The maximum Gasteiger partial charge on any atom is 0.319 e. The number of carbonyl (C=O) groups excluding carboxylic acids is 1. The number of hydrogen-bond donors (Lipinski definition) is 2. The van der Waals surface area contributed by atoms with Gasteiger partial charge in [-0.25, -0.2) is 9.48 Å². The minimum Gasteiger partial charge on any atom is -0.494 e. The maximum absolute atomic E-state index is 12.0. The third-order valence-electron chi connectivity index (χ3n) is 3.32. The Hall–Kier alpha value is -3.42. The minimum absolute atomic E-state index is 0.272. The van der Waals surface area contributed by atoms with Crippen LogP contribution in [-0.2, 0) is 6.54 Å². The SMILES string of the molecule is CCOc1ccc(NC(=O)NCc2cn(-c3ccncc3)nn2)cc1. The molecular weight excluding hydrogens is 320 g/mol. The van der Waals surface area contributed by atoms with E-state index in [1.165, 1.54) is 0 Å². The van der Waals surface area contributed by atoms with Crippen LogP contribution in [0.3, 0.4) is 0 Å². The molecule has 2 aromatic heterocycles. The monoisotopic (exact) mass is 338 g/mol. The number of aromatic nitrogens is 4. The summed E-state index contributed by atoms with van der Waals surface area (Å²) < 4.78 is 6.99. The molecule has 0 atom stereocenters. The van der Waals surface area contributed by atoms with Gasteiger partial charge >= 0.3 is 6.03 Å². The summed E-state index contributed by atoms with van der Waals surface area (Å²) in [6.45, 7) is 2.80. The van der Waals surface area contributed by atoms with E-state index in [9.17, 15) is 4.79 Å². The predicted molar refractivity (Wildman–Crippen MR) is 92.6 cm³/mol. The molecule has 1 aromatic carbocycles. The first-order valence-electron chi connectivity index (χ1n) is 7.84. The molecule has 0 saturated heterocycles. The molecule has 0 fully saturated rings. The second-order valence-electron chi connectivity index (χ2n) is 5.12. The molecule has 128 valence electrons. The van der Waals surface area contributed by atoms with Crippen molar-refractivity contribution in [2.45, 2.75) is 13.5 Å². The van der Waals surface area contributed by atoms with Crippen LogP contribution in [0, 0.1) is 0 Å². The summed E-state index contributed by atoms with van der Waals surface area (Å²) in [5.41, 5.74) is 2.19. The first kappa shape index (κ1) is 16.4. The molecule has 25 heavy (non-hydrogen) atoms. The van der Waals surface area contributed by atoms with Crippen molar-refractivity contribution < 1.29 is 9.53 Å². The average molecular weight is 338 g/mol. The van der Waals surface area contributed by atoms with Crippen LogP contribution in [0.25, 0.3) is 5.69 Å². The molecule has 0 aliphatic carbocycles. The summed E-state index contributed by atoms with van der Waals surface area (Å²) in [4.78, 5) is 15.9. The van der Waals surface area contributed by atoms with Crippen LogP contribution in [0.5, 0.6) is 5.75 Å². The molecular formula is C17H18N6O2. The fourth-order valence-electron chi connectivity index (χ4n) is 2.15. The Kier molecular flexibility index (Phi) is 5.20. The summed E-state index contributed by atoms with van der Waals surface area (Å²) in [5.74, 6) is 0.765. The first-order valence-corrected chi connectivity index (χ1v) is 7.84. The minimum atomic E-state index is -0.317. The first-order chi connectivity index (χ1) is 12.2. The van der Waals surface area contributed by atoms with Gasteiger partial charge in [-0.15, -0.1) is 5.10 Å². The topological polar surface area (TPSA) is 94.0 Å². The van der Waals surface area contributed by atoms with Gasteiger partial charge in [0.1, 0.15) is 11.4 Å². The van der Waals surface area contributed by atoms with Crippen LogP contribution < -0.4 is 15.4 Å². The van der Waals surface area contributed by atoms with Gasteiger partial charge in [-0.1, -0.05) is 5.21 Å². The standard InChI is InChI=1S/C17H18N6O2/c1-2-25-16-5-3-13(4-6-16)20-17(24)19-11-14-12-23(22-21-14)15-7-9-18-10-8-15/h3-10,12H,2,11H2,1H3,(H2,19,20,24). The summed E-state index contributed by atoms with van der Waals surface area (Å²) >= 11 is 0. The number of pyridine rings is 1. The lowest BCUT2D eigenvalue weighted by Crippen LogP contribution is -2.28. The van der Waals surface area contributed by atoms with E-state index in [1.807, 2.05) is 19.1 Å². The van der Waals surface area contributed by atoms with Crippen LogP contribution in [0.15, 0.2) is 55.0 Å². The maximum atomic E-state index is 12.0. The van der Waals surface area contributed by atoms with E-state index < -0.39 is 0 Å². The molecule has 3 rings (SSSR count). The van der Waals surface area contributed by atoms with Crippen molar-refractivity contribution in [2.75, 3.05) is 11.9 Å². The number of anilines is 1. The lowest BCUT2D eigenvalue weighted by Gasteiger charge is -2.07. The summed E-state index contributed by atoms with van der Waals surface area (Å²) in [6.07, 6.45) is 5.12. The van der Waals surface area contributed by atoms with E-state index in [1.54, 1.807) is 47.5 Å². The lowest BCUT2D eigenvalue weighted by atomic mass is 10.3. The summed E-state index contributed by atoms with van der Waals surface area (Å²) in [5, 5.41) is 13.6. The molecule has 0 saturated carbocycles. The van der Waals surface area contributed by atoms with E-state index in [0.717, 1.165) is 11.4 Å². The van der Waals surface area contributed by atoms with E-state index in [0.29, 0.717) is 18.0 Å². The second-order valence-corrected chi connectivity index (χ2v) is 5.12. The Morgan fingerprint density at radius 2 is 1.92 bits per heavy atom. The van der Waals surface area contributed by atoms with E-state index in [2.05, 4.69) is 25.9 Å². The zero-order chi connectivity index (χ0) is 17.5. The van der Waals surface area contributed by atoms with E-state index >= 15 is 0 Å². The smallest absolute Gasteiger partial charge is 0.319 e. The summed E-state index contributed by atoms with van der Waals surface area (Å²) in [7, 11) is 0. The number of carbonyl (C=O) groups is 1. The number of amides is 2. The van der Waals surface area contributed by atoms with Crippen molar-refractivity contribution in [3.05, 3.63) is 60.7 Å². The highest BCUT2D eigenvalue weighted by atomic mass is 16.5. The van der Waals surface area contributed by atoms with Crippen molar-refractivity contribution in [3.8, 4) is 11.4 Å². The zero-order valence-corrected chi connectivity index (χ0v) is 13.7. The highest BCUT2D eigenvalue weighted by Crippen LogP contribution is 2.15. The van der Waals surface area contributed by atoms with Crippen LogP contribution in [0.1, 0.15) is 12.6 Å². The van der Waals surface area contributed by atoms with Crippen molar-refractivity contribution >= 4 is 11.7 Å². The molecule has 0 bridgehead atoms. The summed E-state index contributed by atoms with van der Waals surface area (Å²) in [6, 6.07) is 10.5. The fraction of sp³-hybridized carbons (Fsp3) is 0.176. The van der Waals surface area contributed by atoms with Crippen molar-refractivity contribution in [1.82, 2.24) is 25.3 Å². The van der Waals surface area contributed by atoms with Gasteiger partial charge in [-0.05, 0) is 43.3 Å². The molecule has 0 aliphatic heterocycles. The van der Waals surface area contributed by atoms with Gasteiger partial charge in [0.15, 0.2) is 0 Å². The van der Waals surface area contributed by atoms with Gasteiger partial charge in [0.25, 0.3) is 0 Å². The predicted octanol–water partition coefficient (Wildman–Crippen LogP) is 2.38. The Morgan fingerprint density at radius 3 is 2.64 bits per heavy atom. The Bertz CT molecular complexity index is 817. The van der Waals surface area contributed by atoms with Gasteiger partial charge in [0.05, 0.1) is 25.0 Å². The largest absolute Gasteiger partial charge is 0.494 e. The van der Waals surface area contributed by atoms with Crippen LogP contribution in [0.2, 0.25) is 0 Å². The fourth-order valence-corrected chi connectivity index (χ4v) is 2.15. The number of ether oxygens (including phenoxy) is 1. The number of nitrogens with one attached hydrogen (secondary N) is 2. The average Bonchev–Trinajstić information content (AvgIpc) is 3.12. The number of urea groups is 1. The molecule has 3 aromatic rings. The van der Waals surface area contributed by atoms with Crippen LogP contribution in [0.4, 0.5) is 10.5 Å². The quantitative estimate of drug-likeness (QED) is 0.720. The molecule has 0 unspecified atom stereocenters. The number of benzene rings is 1. The number of rotatable bonds is 6. The van der Waals surface area contributed by atoms with Gasteiger partial charge < -0.3 is 15.4 Å². The highest BCUT2D eigenvalue weighted by molar-refractivity contribution is 5.89. The van der Waals surface area contributed by atoms with Crippen molar-refractivity contribution in [2.24, 2.45) is 0 Å². The van der Waals surface area contributed by atoms with Crippen molar-refractivity contribution in [1.29, 1.82) is 0 Å². The molecule has 2 heterocycles. The van der Waals surface area contributed by atoms with Crippen LogP contribution in [-0.4, -0.2) is 32.6 Å². The number of hydrogen-bond acceptors (Lipinski definition) is 5. The Morgan fingerprint density at radius 1 is 1.16 bits per heavy atom. The van der Waals surface area contributed by atoms with Gasteiger partial charge in [0.2, 0.25) is 0 Å². The van der Waals surface area contributed by atoms with Gasteiger partial charge in [0, 0.05) is 18.1 Å². The lowest BCUT2D eigenvalue weighted by molar-refractivity contribution is 0.251. The van der Waals surface area contributed by atoms with E-state index in [-0.39, 0.29) is 12.6 Å². The van der Waals surface area contributed by atoms with Gasteiger partial charge in [-0.3, -0.25) is 4.98 Å². The zero-order valence-electron chi connectivity index (χ0n) is 13.7. The second kappa shape index (κ2) is 7.91.